The molecule has 0 aliphatic carbocycles. The van der Waals surface area contributed by atoms with Crippen LogP contribution < -0.4 is 0 Å². The van der Waals surface area contributed by atoms with Crippen molar-refractivity contribution in [2.24, 2.45) is 0 Å². The summed E-state index contributed by atoms with van der Waals surface area (Å²) in [6.07, 6.45) is 2.08. The maximum absolute atomic E-state index is 12.3. The number of nitrogens with zero attached hydrogens (tertiary/aromatic N) is 3. The molecule has 0 N–H and O–H groups in total. The molecule has 1 aromatic rings. The Morgan fingerprint density at radius 1 is 1.47 bits per heavy atom. The number of nitriles is 1. The quantitative estimate of drug-likeness (QED) is 0.752. The molecule has 0 atom stereocenters. The van der Waals surface area contributed by atoms with Crippen LogP contribution in [0.1, 0.15) is 42.7 Å². The number of carbonyl (C=O) groups excluding carboxylic acids is 1. The van der Waals surface area contributed by atoms with Gasteiger partial charge in [-0.25, -0.2) is 4.98 Å². The van der Waals surface area contributed by atoms with Gasteiger partial charge in [0.1, 0.15) is 5.15 Å². The molecule has 1 aromatic heterocycles. The minimum Gasteiger partial charge on any atom is -0.338 e. The summed E-state index contributed by atoms with van der Waals surface area (Å²) < 4.78 is 0. The van der Waals surface area contributed by atoms with E-state index in [1.54, 1.807) is 17.0 Å². The minimum atomic E-state index is -0.0978. The molecule has 0 fully saturated rings. The summed E-state index contributed by atoms with van der Waals surface area (Å²) in [7, 11) is 0. The van der Waals surface area contributed by atoms with E-state index in [1.807, 2.05) is 13.0 Å². The summed E-state index contributed by atoms with van der Waals surface area (Å²) in [6.45, 7) is 4.96. The van der Waals surface area contributed by atoms with Gasteiger partial charge in [0.15, 0.2) is 0 Å². The summed E-state index contributed by atoms with van der Waals surface area (Å²) in [5.74, 6) is -0.0978. The van der Waals surface area contributed by atoms with E-state index in [-0.39, 0.29) is 5.91 Å². The van der Waals surface area contributed by atoms with Gasteiger partial charge in [0.25, 0.3) is 5.91 Å². The molecule has 0 spiro atoms. The highest BCUT2D eigenvalue weighted by Crippen LogP contribution is 2.14. The maximum atomic E-state index is 12.3. The van der Waals surface area contributed by atoms with Crippen LogP contribution in [-0.4, -0.2) is 28.9 Å². The predicted octanol–water partition coefficient (Wildman–Crippen LogP) is 3.06. The molecule has 0 aliphatic heterocycles. The number of halogens is 1. The van der Waals surface area contributed by atoms with Crippen molar-refractivity contribution in [3.8, 4) is 6.07 Å². The minimum absolute atomic E-state index is 0.0978. The summed E-state index contributed by atoms with van der Waals surface area (Å²) >= 11 is 5.95. The average molecular weight is 280 g/mol. The normalized spacial score (nSPS) is 10.0. The molecule has 1 heterocycles. The van der Waals surface area contributed by atoms with Crippen molar-refractivity contribution in [2.45, 2.75) is 33.1 Å². The fourth-order valence-electron chi connectivity index (χ4n) is 1.83. The molecule has 0 radical (unpaired) electrons. The Hall–Kier alpha value is -1.60. The fraction of sp³-hybridized carbons (Fsp3) is 0.500. The van der Waals surface area contributed by atoms with Crippen LogP contribution in [0.25, 0.3) is 0 Å². The maximum Gasteiger partial charge on any atom is 0.254 e. The highest BCUT2D eigenvalue weighted by molar-refractivity contribution is 6.29. The molecule has 19 heavy (non-hydrogen) atoms. The Kier molecular flexibility index (Phi) is 6.31. The topological polar surface area (TPSA) is 57.0 Å². The smallest absolute Gasteiger partial charge is 0.254 e. The summed E-state index contributed by atoms with van der Waals surface area (Å²) in [6, 6.07) is 5.42. The van der Waals surface area contributed by atoms with E-state index < -0.39 is 0 Å². The monoisotopic (exact) mass is 279 g/mol. The van der Waals surface area contributed by atoms with Crippen molar-refractivity contribution in [2.75, 3.05) is 13.1 Å². The number of carbonyl (C=O) groups is 1. The number of aryl methyl sites for hydroxylation is 1. The Labute approximate surface area is 119 Å². The van der Waals surface area contributed by atoms with E-state index in [4.69, 9.17) is 16.9 Å². The Balaban J connectivity index is 2.94. The molecular formula is C14H18ClN3O. The second kappa shape index (κ2) is 7.75. The fourth-order valence-corrected chi connectivity index (χ4v) is 2.06. The molecule has 0 bridgehead atoms. The first kappa shape index (κ1) is 15.5. The molecular weight excluding hydrogens is 262 g/mol. The largest absolute Gasteiger partial charge is 0.338 e. The van der Waals surface area contributed by atoms with E-state index in [0.29, 0.717) is 30.2 Å². The van der Waals surface area contributed by atoms with Crippen LogP contribution in [0, 0.1) is 11.3 Å². The van der Waals surface area contributed by atoms with Crippen molar-refractivity contribution in [1.82, 2.24) is 9.88 Å². The summed E-state index contributed by atoms with van der Waals surface area (Å²) in [5.41, 5.74) is 1.37. The van der Waals surface area contributed by atoms with Gasteiger partial charge in [-0.1, -0.05) is 24.9 Å². The second-order valence-electron chi connectivity index (χ2n) is 4.21. The molecule has 102 valence electrons. The molecule has 0 aliphatic rings. The van der Waals surface area contributed by atoms with Gasteiger partial charge in [-0.2, -0.15) is 5.26 Å². The SMILES string of the molecule is CCCc1cc(C(=O)N(CC)CCC#N)cc(Cl)n1. The summed E-state index contributed by atoms with van der Waals surface area (Å²) in [4.78, 5) is 18.2. The van der Waals surface area contributed by atoms with Gasteiger partial charge in [0.2, 0.25) is 0 Å². The molecule has 1 rings (SSSR count). The molecule has 5 heteroatoms. The van der Waals surface area contributed by atoms with Gasteiger partial charge in [-0.3, -0.25) is 4.79 Å². The molecule has 1 amide bonds. The van der Waals surface area contributed by atoms with Crippen LogP contribution in [0.2, 0.25) is 5.15 Å². The third kappa shape index (κ3) is 4.53. The van der Waals surface area contributed by atoms with Crippen LogP contribution in [0.15, 0.2) is 12.1 Å². The van der Waals surface area contributed by atoms with Crippen LogP contribution in [0.4, 0.5) is 0 Å². The second-order valence-corrected chi connectivity index (χ2v) is 4.60. The summed E-state index contributed by atoms with van der Waals surface area (Å²) in [5, 5.41) is 8.94. The molecule has 0 aromatic carbocycles. The van der Waals surface area contributed by atoms with Gasteiger partial charge in [-0.15, -0.1) is 0 Å². The number of hydrogen-bond donors (Lipinski definition) is 0. The Bertz CT molecular complexity index is 482. The zero-order valence-electron chi connectivity index (χ0n) is 11.3. The van der Waals surface area contributed by atoms with Gasteiger partial charge in [-0.05, 0) is 25.5 Å². The van der Waals surface area contributed by atoms with E-state index in [0.717, 1.165) is 18.5 Å². The molecule has 0 saturated carbocycles. The predicted molar refractivity (Wildman–Crippen MR) is 75.0 cm³/mol. The lowest BCUT2D eigenvalue weighted by Gasteiger charge is -2.19. The van der Waals surface area contributed by atoms with Gasteiger partial charge < -0.3 is 4.90 Å². The first-order valence-electron chi connectivity index (χ1n) is 6.45. The third-order valence-electron chi connectivity index (χ3n) is 2.76. The van der Waals surface area contributed by atoms with E-state index in [9.17, 15) is 4.79 Å². The van der Waals surface area contributed by atoms with Crippen molar-refractivity contribution < 1.29 is 4.79 Å². The van der Waals surface area contributed by atoms with Crippen molar-refractivity contribution in [3.05, 3.63) is 28.5 Å². The van der Waals surface area contributed by atoms with Crippen molar-refractivity contribution in [3.63, 3.8) is 0 Å². The lowest BCUT2D eigenvalue weighted by atomic mass is 10.1. The van der Waals surface area contributed by atoms with Gasteiger partial charge >= 0.3 is 0 Å². The number of pyridine rings is 1. The van der Waals surface area contributed by atoms with Gasteiger partial charge in [0.05, 0.1) is 12.5 Å². The van der Waals surface area contributed by atoms with E-state index in [1.165, 1.54) is 0 Å². The third-order valence-corrected chi connectivity index (χ3v) is 2.96. The molecule has 4 nitrogen and oxygen atoms in total. The van der Waals surface area contributed by atoms with E-state index >= 15 is 0 Å². The van der Waals surface area contributed by atoms with Crippen LogP contribution >= 0.6 is 11.6 Å². The Morgan fingerprint density at radius 2 is 2.21 bits per heavy atom. The van der Waals surface area contributed by atoms with Gasteiger partial charge in [0, 0.05) is 24.3 Å². The highest BCUT2D eigenvalue weighted by Gasteiger charge is 2.15. The average Bonchev–Trinajstić information content (AvgIpc) is 2.39. The van der Waals surface area contributed by atoms with Crippen molar-refractivity contribution >= 4 is 17.5 Å². The zero-order valence-corrected chi connectivity index (χ0v) is 12.1. The number of aromatic nitrogens is 1. The highest BCUT2D eigenvalue weighted by atomic mass is 35.5. The standard InChI is InChI=1S/C14H18ClN3O/c1-3-6-12-9-11(10-13(15)17-12)14(19)18(4-2)8-5-7-16/h9-10H,3-6,8H2,1-2H3. The van der Waals surface area contributed by atoms with Crippen LogP contribution in [-0.2, 0) is 6.42 Å². The number of amides is 1. The van der Waals surface area contributed by atoms with E-state index in [2.05, 4.69) is 11.9 Å². The lowest BCUT2D eigenvalue weighted by molar-refractivity contribution is 0.0767. The first-order valence-corrected chi connectivity index (χ1v) is 6.82. The number of hydrogen-bond acceptors (Lipinski definition) is 3. The Morgan fingerprint density at radius 3 is 2.79 bits per heavy atom. The molecule has 0 saturated heterocycles. The zero-order chi connectivity index (χ0) is 14.3. The lowest BCUT2D eigenvalue weighted by Crippen LogP contribution is -2.31. The number of rotatable bonds is 6. The molecule has 0 unspecified atom stereocenters. The van der Waals surface area contributed by atoms with Crippen LogP contribution in [0.3, 0.4) is 0 Å². The van der Waals surface area contributed by atoms with Crippen molar-refractivity contribution in [1.29, 1.82) is 5.26 Å². The first-order chi connectivity index (χ1) is 9.12. The van der Waals surface area contributed by atoms with Crippen LogP contribution in [0.5, 0.6) is 0 Å².